The Morgan fingerprint density at radius 3 is 3.17 bits per heavy atom. The quantitative estimate of drug-likeness (QED) is 0.686. The number of fused-ring (bicyclic) bond motifs is 1. The molecule has 0 atom stereocenters. The monoisotopic (exact) mass is 164 g/mol. The molecule has 2 heterocycles. The summed E-state index contributed by atoms with van der Waals surface area (Å²) in [6.45, 7) is 1.97. The second-order valence-corrected chi connectivity index (χ2v) is 2.54. The summed E-state index contributed by atoms with van der Waals surface area (Å²) in [5.74, 6) is 0.809. The predicted octanol–water partition coefficient (Wildman–Crippen LogP) is 1.08. The van der Waals surface area contributed by atoms with Gasteiger partial charge in [0.15, 0.2) is 5.58 Å². The summed E-state index contributed by atoms with van der Waals surface area (Å²) >= 11 is 0. The van der Waals surface area contributed by atoms with Crippen LogP contribution in [-0.4, -0.2) is 10.2 Å². The van der Waals surface area contributed by atoms with E-state index in [0.717, 1.165) is 12.2 Å². The van der Waals surface area contributed by atoms with Gasteiger partial charge < -0.3 is 4.42 Å². The normalized spacial score (nSPS) is 10.8. The minimum atomic E-state index is -0.198. The van der Waals surface area contributed by atoms with Crippen LogP contribution < -0.4 is 5.56 Å². The number of rotatable bonds is 1. The number of nitrogens with one attached hydrogen (secondary N) is 1. The van der Waals surface area contributed by atoms with Gasteiger partial charge in [-0.25, -0.2) is 5.10 Å². The first-order chi connectivity index (χ1) is 5.81. The summed E-state index contributed by atoms with van der Waals surface area (Å²) in [5.41, 5.74) is 0.353. The van der Waals surface area contributed by atoms with Crippen molar-refractivity contribution in [3.63, 3.8) is 0 Å². The topological polar surface area (TPSA) is 58.9 Å². The molecule has 0 radical (unpaired) electrons. The van der Waals surface area contributed by atoms with E-state index in [2.05, 4.69) is 10.2 Å². The molecule has 4 heteroatoms. The lowest BCUT2D eigenvalue weighted by atomic mass is 10.3. The Labute approximate surface area is 68.2 Å². The predicted molar refractivity (Wildman–Crippen MR) is 44.0 cm³/mol. The Bertz CT molecular complexity index is 455. The Balaban J connectivity index is 2.83. The highest BCUT2D eigenvalue weighted by atomic mass is 16.3. The molecular formula is C8H8N2O2. The molecule has 0 aliphatic carbocycles. The summed E-state index contributed by atoms with van der Waals surface area (Å²) in [6.07, 6.45) is 2.30. The van der Waals surface area contributed by atoms with Gasteiger partial charge in [-0.3, -0.25) is 4.79 Å². The number of H-pyrrole nitrogens is 1. The van der Waals surface area contributed by atoms with Crippen LogP contribution in [0, 0.1) is 0 Å². The molecule has 0 saturated heterocycles. The van der Waals surface area contributed by atoms with Crippen molar-refractivity contribution >= 4 is 11.0 Å². The first-order valence-electron chi connectivity index (χ1n) is 3.77. The van der Waals surface area contributed by atoms with E-state index in [1.807, 2.05) is 6.92 Å². The summed E-state index contributed by atoms with van der Waals surface area (Å²) in [7, 11) is 0. The summed E-state index contributed by atoms with van der Waals surface area (Å²) in [4.78, 5) is 11.1. The molecule has 2 aromatic heterocycles. The highest BCUT2D eigenvalue weighted by Gasteiger charge is 2.04. The van der Waals surface area contributed by atoms with Gasteiger partial charge in [0, 0.05) is 6.42 Å². The van der Waals surface area contributed by atoms with Gasteiger partial charge in [-0.1, -0.05) is 6.92 Å². The number of nitrogens with zero attached hydrogens (tertiary/aromatic N) is 1. The van der Waals surface area contributed by atoms with E-state index in [4.69, 9.17) is 4.42 Å². The van der Waals surface area contributed by atoms with Crippen LogP contribution in [0.2, 0.25) is 0 Å². The molecule has 0 unspecified atom stereocenters. The first-order valence-corrected chi connectivity index (χ1v) is 3.77. The minimum absolute atomic E-state index is 0.198. The molecule has 0 fully saturated rings. The van der Waals surface area contributed by atoms with Gasteiger partial charge in [0.1, 0.15) is 5.76 Å². The Morgan fingerprint density at radius 1 is 1.67 bits per heavy atom. The number of hydrogen-bond donors (Lipinski definition) is 1. The molecule has 4 nitrogen and oxygen atoms in total. The van der Waals surface area contributed by atoms with Crippen LogP contribution in [0.5, 0.6) is 0 Å². The summed E-state index contributed by atoms with van der Waals surface area (Å²) < 4.78 is 5.32. The molecule has 0 bridgehead atoms. The average Bonchev–Trinajstić information content (AvgIpc) is 2.49. The van der Waals surface area contributed by atoms with Crippen LogP contribution in [0.1, 0.15) is 12.7 Å². The lowest BCUT2D eigenvalue weighted by Gasteiger charge is -1.83. The minimum Gasteiger partial charge on any atom is -0.459 e. The molecule has 0 aromatic carbocycles. The molecule has 1 N–H and O–H groups in total. The van der Waals surface area contributed by atoms with Crippen molar-refractivity contribution < 1.29 is 4.42 Å². The average molecular weight is 164 g/mol. The maximum Gasteiger partial charge on any atom is 0.275 e. The van der Waals surface area contributed by atoms with Crippen LogP contribution in [-0.2, 0) is 6.42 Å². The summed E-state index contributed by atoms with van der Waals surface area (Å²) in [5, 5.41) is 6.55. The second kappa shape index (κ2) is 2.48. The number of aromatic amines is 1. The third kappa shape index (κ3) is 0.922. The largest absolute Gasteiger partial charge is 0.459 e. The van der Waals surface area contributed by atoms with Gasteiger partial charge >= 0.3 is 0 Å². The lowest BCUT2D eigenvalue weighted by Crippen LogP contribution is -2.05. The molecule has 2 rings (SSSR count). The lowest BCUT2D eigenvalue weighted by molar-refractivity contribution is 0.555. The standard InChI is InChI=1S/C8H8N2O2/c1-2-5-3-6-7(12-5)4-9-10-8(6)11/h3-4H,2H2,1H3,(H,10,11). The van der Waals surface area contributed by atoms with Crippen molar-refractivity contribution in [2.75, 3.05) is 0 Å². The van der Waals surface area contributed by atoms with Gasteiger partial charge in [0.25, 0.3) is 5.56 Å². The van der Waals surface area contributed by atoms with E-state index in [1.165, 1.54) is 6.20 Å². The molecular weight excluding hydrogens is 156 g/mol. The van der Waals surface area contributed by atoms with Crippen LogP contribution >= 0.6 is 0 Å². The smallest absolute Gasteiger partial charge is 0.275 e. The van der Waals surface area contributed by atoms with Crippen LogP contribution in [0.3, 0.4) is 0 Å². The maximum atomic E-state index is 11.1. The highest BCUT2D eigenvalue weighted by molar-refractivity contribution is 5.75. The molecule has 12 heavy (non-hydrogen) atoms. The van der Waals surface area contributed by atoms with E-state index in [1.54, 1.807) is 6.07 Å². The highest BCUT2D eigenvalue weighted by Crippen LogP contribution is 2.13. The number of aromatic nitrogens is 2. The zero-order valence-electron chi connectivity index (χ0n) is 6.63. The number of hydrogen-bond acceptors (Lipinski definition) is 3. The van der Waals surface area contributed by atoms with Crippen molar-refractivity contribution in [1.29, 1.82) is 0 Å². The van der Waals surface area contributed by atoms with Crippen molar-refractivity contribution in [2.45, 2.75) is 13.3 Å². The van der Waals surface area contributed by atoms with Gasteiger partial charge in [-0.2, -0.15) is 5.10 Å². The van der Waals surface area contributed by atoms with Crippen LogP contribution in [0.25, 0.3) is 11.0 Å². The zero-order chi connectivity index (χ0) is 8.55. The maximum absolute atomic E-state index is 11.1. The van der Waals surface area contributed by atoms with Crippen molar-refractivity contribution in [3.05, 3.63) is 28.4 Å². The van der Waals surface area contributed by atoms with Crippen molar-refractivity contribution in [1.82, 2.24) is 10.2 Å². The molecule has 62 valence electrons. The zero-order valence-corrected chi connectivity index (χ0v) is 6.63. The second-order valence-electron chi connectivity index (χ2n) is 2.54. The van der Waals surface area contributed by atoms with Crippen molar-refractivity contribution in [2.24, 2.45) is 0 Å². The summed E-state index contributed by atoms with van der Waals surface area (Å²) in [6, 6.07) is 1.75. The number of aryl methyl sites for hydroxylation is 1. The molecule has 0 aliphatic rings. The fourth-order valence-electron chi connectivity index (χ4n) is 1.12. The van der Waals surface area contributed by atoms with E-state index in [0.29, 0.717) is 11.0 Å². The fourth-order valence-corrected chi connectivity index (χ4v) is 1.12. The number of furan rings is 1. The third-order valence-electron chi connectivity index (χ3n) is 1.75. The molecule has 0 saturated carbocycles. The molecule has 0 aliphatic heterocycles. The first kappa shape index (κ1) is 7.09. The Kier molecular flexibility index (Phi) is 1.46. The van der Waals surface area contributed by atoms with Crippen LogP contribution in [0.15, 0.2) is 21.5 Å². The van der Waals surface area contributed by atoms with E-state index < -0.39 is 0 Å². The van der Waals surface area contributed by atoms with Gasteiger partial charge in [0.2, 0.25) is 0 Å². The van der Waals surface area contributed by atoms with E-state index >= 15 is 0 Å². The van der Waals surface area contributed by atoms with Crippen LogP contribution in [0.4, 0.5) is 0 Å². The third-order valence-corrected chi connectivity index (χ3v) is 1.75. The van der Waals surface area contributed by atoms with Gasteiger partial charge in [0.05, 0.1) is 11.6 Å². The van der Waals surface area contributed by atoms with E-state index in [-0.39, 0.29) is 5.56 Å². The molecule has 2 aromatic rings. The fraction of sp³-hybridized carbons (Fsp3) is 0.250. The van der Waals surface area contributed by atoms with Crippen molar-refractivity contribution in [3.8, 4) is 0 Å². The van der Waals surface area contributed by atoms with Gasteiger partial charge in [-0.05, 0) is 6.07 Å². The SMILES string of the molecule is CCc1cc2c(=O)[nH]ncc2o1. The Morgan fingerprint density at radius 2 is 2.50 bits per heavy atom. The molecule has 0 spiro atoms. The van der Waals surface area contributed by atoms with E-state index in [9.17, 15) is 4.79 Å². The Hall–Kier alpha value is -1.58. The molecule has 0 amide bonds. The van der Waals surface area contributed by atoms with Gasteiger partial charge in [-0.15, -0.1) is 0 Å².